The number of anilines is 1. The van der Waals surface area contributed by atoms with Gasteiger partial charge in [-0.2, -0.15) is 0 Å². The molecule has 3 rings (SSSR count). The van der Waals surface area contributed by atoms with Crippen LogP contribution in [0.2, 0.25) is 0 Å². The second-order valence-corrected chi connectivity index (χ2v) is 14.2. The van der Waals surface area contributed by atoms with Crippen molar-refractivity contribution in [1.82, 2.24) is 14.9 Å². The fraction of sp³-hybridized carbons (Fsp3) is 0.667. The molecule has 1 atom stereocenters. The van der Waals surface area contributed by atoms with Gasteiger partial charge < -0.3 is 14.5 Å². The Kier molecular flexibility index (Phi) is 10.5. The van der Waals surface area contributed by atoms with Crippen LogP contribution < -0.4 is 4.90 Å². The van der Waals surface area contributed by atoms with E-state index in [-0.39, 0.29) is 12.1 Å². The third-order valence-corrected chi connectivity index (χ3v) is 9.09. The third-order valence-electron chi connectivity index (χ3n) is 4.57. The summed E-state index contributed by atoms with van der Waals surface area (Å²) in [7, 11) is 0. The van der Waals surface area contributed by atoms with Crippen LogP contribution >= 0.6 is 70.5 Å². The quantitative estimate of drug-likeness (QED) is 0.335. The van der Waals surface area contributed by atoms with Crippen molar-refractivity contribution in [1.29, 1.82) is 0 Å². The summed E-state index contributed by atoms with van der Waals surface area (Å²) >= 11 is 13.4. The van der Waals surface area contributed by atoms with Crippen molar-refractivity contribution in [3.63, 3.8) is 0 Å². The summed E-state index contributed by atoms with van der Waals surface area (Å²) in [5.41, 5.74) is -0.464. The molecule has 0 aliphatic carbocycles. The van der Waals surface area contributed by atoms with Crippen LogP contribution in [0.1, 0.15) is 50.8 Å². The Morgan fingerprint density at radius 1 is 1.09 bits per heavy atom. The molecule has 0 radical (unpaired) electrons. The minimum Gasteiger partial charge on any atom is -0.444 e. The smallest absolute Gasteiger partial charge is 0.410 e. The van der Waals surface area contributed by atoms with Gasteiger partial charge in [0.25, 0.3) is 0 Å². The molecule has 1 amide bonds. The Hall–Kier alpha value is -0.230. The van der Waals surface area contributed by atoms with Crippen molar-refractivity contribution in [3.8, 4) is 0 Å². The molecule has 0 saturated carbocycles. The molecular weight excluding hydrogens is 644 g/mol. The van der Waals surface area contributed by atoms with Crippen LogP contribution in [0.25, 0.3) is 0 Å². The average Bonchev–Trinajstić information content (AvgIpc) is 3.13. The van der Waals surface area contributed by atoms with E-state index in [1.54, 1.807) is 22.7 Å². The lowest BCUT2D eigenvalue weighted by atomic mass is 10.0. The van der Waals surface area contributed by atoms with Crippen molar-refractivity contribution in [2.45, 2.75) is 66.5 Å². The lowest BCUT2D eigenvalue weighted by Gasteiger charge is -2.42. The first-order chi connectivity index (χ1) is 14.8. The Morgan fingerprint density at radius 3 is 2.09 bits per heavy atom. The van der Waals surface area contributed by atoms with Crippen LogP contribution in [0.5, 0.6) is 0 Å². The van der Waals surface area contributed by atoms with Crippen LogP contribution in [-0.2, 0) is 4.74 Å². The highest BCUT2D eigenvalue weighted by Crippen LogP contribution is 2.31. The van der Waals surface area contributed by atoms with E-state index in [4.69, 9.17) is 4.74 Å². The van der Waals surface area contributed by atoms with Gasteiger partial charge in [0.15, 0.2) is 9.05 Å². The molecule has 1 aliphatic heterocycles. The van der Waals surface area contributed by atoms with Gasteiger partial charge in [-0.1, -0.05) is 13.8 Å². The average molecular weight is 675 g/mol. The molecule has 1 fully saturated rings. The van der Waals surface area contributed by atoms with Gasteiger partial charge in [0.2, 0.25) is 0 Å². The molecule has 32 heavy (non-hydrogen) atoms. The number of rotatable bonds is 3. The van der Waals surface area contributed by atoms with Crippen LogP contribution in [0, 0.1) is 19.8 Å². The summed E-state index contributed by atoms with van der Waals surface area (Å²) in [4.78, 5) is 27.8. The topological polar surface area (TPSA) is 58.6 Å². The molecule has 3 heterocycles. The first-order valence-electron chi connectivity index (χ1n) is 10.4. The van der Waals surface area contributed by atoms with E-state index in [1.807, 2.05) is 32.6 Å². The zero-order valence-corrected chi connectivity index (χ0v) is 25.9. The molecule has 0 unspecified atom stereocenters. The molecule has 11 heteroatoms. The standard InChI is InChI=1S/C17H28BrN3O2S.C4H3Br2NS/c1-11(2)9-13-10-20(15-19-14(18)12(3)24-15)7-8-21(13)16(22)23-17(4,5)6;1-2-3(5)7-4(6)8-2/h11,13H,7-10H2,1-6H3;1H3/t13-;/m0./s1. The number of amides is 1. The zero-order valence-electron chi connectivity index (χ0n) is 19.5. The lowest BCUT2D eigenvalue weighted by molar-refractivity contribution is 0.0120. The van der Waals surface area contributed by atoms with E-state index in [2.05, 4.69) is 83.4 Å². The van der Waals surface area contributed by atoms with E-state index in [1.165, 1.54) is 9.75 Å². The molecule has 0 aromatic carbocycles. The Balaban J connectivity index is 0.000000380. The minimum absolute atomic E-state index is 0.150. The zero-order chi connectivity index (χ0) is 24.2. The van der Waals surface area contributed by atoms with Crippen LogP contribution in [0.15, 0.2) is 13.1 Å². The Labute approximate surface area is 224 Å². The second-order valence-electron chi connectivity index (χ2n) is 9.06. The van der Waals surface area contributed by atoms with Gasteiger partial charge in [-0.05, 0) is 94.7 Å². The van der Waals surface area contributed by atoms with E-state index in [0.717, 1.165) is 37.8 Å². The fourth-order valence-electron chi connectivity index (χ4n) is 3.18. The van der Waals surface area contributed by atoms with Crippen LogP contribution in [0.3, 0.4) is 0 Å². The molecule has 1 aliphatic rings. The van der Waals surface area contributed by atoms with E-state index >= 15 is 0 Å². The normalized spacial score (nSPS) is 16.8. The molecule has 0 bridgehead atoms. The first kappa shape index (κ1) is 28.0. The van der Waals surface area contributed by atoms with Gasteiger partial charge in [-0.15, -0.1) is 22.7 Å². The monoisotopic (exact) mass is 672 g/mol. The second kappa shape index (κ2) is 12.0. The fourth-order valence-corrected chi connectivity index (χ4v) is 6.75. The highest BCUT2D eigenvalue weighted by Gasteiger charge is 2.34. The van der Waals surface area contributed by atoms with Crippen LogP contribution in [0.4, 0.5) is 9.93 Å². The number of ether oxygens (including phenoxy) is 1. The maximum Gasteiger partial charge on any atom is 0.410 e. The number of hydrogen-bond donors (Lipinski definition) is 0. The van der Waals surface area contributed by atoms with Gasteiger partial charge in [0.05, 0.1) is 6.04 Å². The number of thiazole rings is 2. The number of aromatic nitrogens is 2. The number of halogens is 3. The van der Waals surface area contributed by atoms with Gasteiger partial charge in [-0.25, -0.2) is 14.8 Å². The SMILES string of the molecule is Cc1sc(Br)nc1Br.Cc1sc(N2CCN(C(=O)OC(C)(C)C)[C@@H](CC(C)C)C2)nc1Br. The molecule has 2 aromatic heterocycles. The summed E-state index contributed by atoms with van der Waals surface area (Å²) < 4.78 is 8.39. The summed E-state index contributed by atoms with van der Waals surface area (Å²) in [5.74, 6) is 0.518. The largest absolute Gasteiger partial charge is 0.444 e. The molecule has 6 nitrogen and oxygen atoms in total. The molecule has 1 saturated heterocycles. The highest BCUT2D eigenvalue weighted by molar-refractivity contribution is 9.11. The number of nitrogens with zero attached hydrogens (tertiary/aromatic N) is 4. The number of piperazine rings is 1. The number of carbonyl (C=O) groups excluding carboxylic acids is 1. The van der Waals surface area contributed by atoms with E-state index in [0.29, 0.717) is 12.5 Å². The van der Waals surface area contributed by atoms with Gasteiger partial charge in [-0.3, -0.25) is 0 Å². The van der Waals surface area contributed by atoms with Gasteiger partial charge in [0.1, 0.15) is 14.8 Å². The summed E-state index contributed by atoms with van der Waals surface area (Å²) in [6.45, 7) is 16.5. The van der Waals surface area contributed by atoms with Crippen LogP contribution in [-0.4, -0.2) is 52.2 Å². The number of carbonyl (C=O) groups is 1. The number of aryl methyl sites for hydroxylation is 2. The van der Waals surface area contributed by atoms with E-state index in [9.17, 15) is 4.79 Å². The predicted octanol–water partition coefficient (Wildman–Crippen LogP) is 7.66. The van der Waals surface area contributed by atoms with Crippen molar-refractivity contribution >= 4 is 81.7 Å². The number of hydrogen-bond acceptors (Lipinski definition) is 7. The molecule has 2 aromatic rings. The minimum atomic E-state index is -0.464. The first-order valence-corrected chi connectivity index (χ1v) is 14.4. The molecule has 0 N–H and O–H groups in total. The van der Waals surface area contributed by atoms with Crippen molar-refractivity contribution < 1.29 is 9.53 Å². The molecular formula is C21H31Br3N4O2S2. The van der Waals surface area contributed by atoms with Crippen molar-refractivity contribution in [2.24, 2.45) is 5.92 Å². The van der Waals surface area contributed by atoms with E-state index < -0.39 is 5.60 Å². The maximum atomic E-state index is 12.6. The summed E-state index contributed by atoms with van der Waals surface area (Å²) in [5, 5.41) is 1.02. The Bertz CT molecular complexity index is 872. The summed E-state index contributed by atoms with van der Waals surface area (Å²) in [6.07, 6.45) is 0.755. The third kappa shape index (κ3) is 8.52. The predicted molar refractivity (Wildman–Crippen MR) is 145 cm³/mol. The van der Waals surface area contributed by atoms with Gasteiger partial charge in [0, 0.05) is 29.4 Å². The van der Waals surface area contributed by atoms with Crippen molar-refractivity contribution in [3.05, 3.63) is 22.9 Å². The Morgan fingerprint density at radius 2 is 1.69 bits per heavy atom. The highest BCUT2D eigenvalue weighted by atomic mass is 79.9. The summed E-state index contributed by atoms with van der Waals surface area (Å²) in [6, 6.07) is 0.150. The lowest BCUT2D eigenvalue weighted by Crippen LogP contribution is -2.56. The molecule has 180 valence electrons. The van der Waals surface area contributed by atoms with Crippen molar-refractivity contribution in [2.75, 3.05) is 24.5 Å². The van der Waals surface area contributed by atoms with Gasteiger partial charge >= 0.3 is 6.09 Å². The maximum absolute atomic E-state index is 12.6. The molecule has 0 spiro atoms.